The monoisotopic (exact) mass is 275 g/mol. The molecule has 0 unspecified atom stereocenters. The van der Waals surface area contributed by atoms with Crippen molar-refractivity contribution in [2.75, 3.05) is 31.6 Å². The highest BCUT2D eigenvalue weighted by Gasteiger charge is 2.14. The summed E-state index contributed by atoms with van der Waals surface area (Å²) in [5.74, 6) is 0.826. The minimum Gasteiger partial charge on any atom is -0.493 e. The van der Waals surface area contributed by atoms with E-state index in [1.807, 2.05) is 18.2 Å². The fourth-order valence-corrected chi connectivity index (χ4v) is 2.74. The summed E-state index contributed by atoms with van der Waals surface area (Å²) < 4.78 is 5.77. The average molecular weight is 275 g/mol. The number of nitrogens with zero attached hydrogens (tertiary/aromatic N) is 1. The molecule has 1 saturated heterocycles. The Balaban J connectivity index is 1.47. The number of rotatable bonds is 5. The molecule has 1 aromatic carbocycles. The van der Waals surface area contributed by atoms with Crippen molar-refractivity contribution in [2.24, 2.45) is 0 Å². The molecule has 3 rings (SSSR count). The van der Waals surface area contributed by atoms with Crippen molar-refractivity contribution in [3.63, 3.8) is 0 Å². The van der Waals surface area contributed by atoms with Gasteiger partial charge in [0.25, 0.3) is 0 Å². The van der Waals surface area contributed by atoms with Crippen molar-refractivity contribution in [2.45, 2.75) is 25.8 Å². The molecule has 0 saturated carbocycles. The van der Waals surface area contributed by atoms with E-state index < -0.39 is 0 Å². The van der Waals surface area contributed by atoms with E-state index >= 15 is 0 Å². The molecule has 2 amide bonds. The lowest BCUT2D eigenvalue weighted by atomic mass is 10.1. The topological polar surface area (TPSA) is 53.6 Å². The Kier molecular flexibility index (Phi) is 4.06. The first-order chi connectivity index (χ1) is 9.81. The predicted molar refractivity (Wildman–Crippen MR) is 78.1 cm³/mol. The quantitative estimate of drug-likeness (QED) is 0.810. The molecule has 5 heteroatoms. The third kappa shape index (κ3) is 3.22. The van der Waals surface area contributed by atoms with Crippen molar-refractivity contribution >= 4 is 11.7 Å². The molecule has 2 aliphatic heterocycles. The van der Waals surface area contributed by atoms with Crippen LogP contribution in [0.1, 0.15) is 24.8 Å². The zero-order chi connectivity index (χ0) is 13.8. The average Bonchev–Trinajstić information content (AvgIpc) is 2.96. The number of carbonyl (C=O) groups is 1. The summed E-state index contributed by atoms with van der Waals surface area (Å²) >= 11 is 0. The molecule has 2 aliphatic rings. The second kappa shape index (κ2) is 6.13. The van der Waals surface area contributed by atoms with Crippen LogP contribution in [-0.2, 0) is 6.54 Å². The molecule has 2 N–H and O–H groups in total. The molecule has 0 aliphatic carbocycles. The zero-order valence-electron chi connectivity index (χ0n) is 11.7. The van der Waals surface area contributed by atoms with Crippen molar-refractivity contribution in [3.8, 4) is 5.75 Å². The fourth-order valence-electron chi connectivity index (χ4n) is 2.74. The molecule has 0 atom stereocenters. The maximum Gasteiger partial charge on any atom is 0.319 e. The second-order valence-electron chi connectivity index (χ2n) is 5.38. The molecular weight excluding hydrogens is 254 g/mol. The van der Waals surface area contributed by atoms with E-state index in [9.17, 15) is 4.79 Å². The summed E-state index contributed by atoms with van der Waals surface area (Å²) in [7, 11) is 0. The number of benzene rings is 1. The minimum absolute atomic E-state index is 0.149. The highest BCUT2D eigenvalue weighted by atomic mass is 16.5. The molecule has 0 radical (unpaired) electrons. The van der Waals surface area contributed by atoms with Gasteiger partial charge >= 0.3 is 6.03 Å². The van der Waals surface area contributed by atoms with E-state index in [0.29, 0.717) is 6.54 Å². The Morgan fingerprint density at radius 3 is 2.95 bits per heavy atom. The molecule has 0 spiro atoms. The number of nitrogens with one attached hydrogen (secondary N) is 2. The second-order valence-corrected chi connectivity index (χ2v) is 5.38. The molecular formula is C15H21N3O2. The molecule has 108 valence electrons. The molecule has 1 aromatic rings. The lowest BCUT2D eigenvalue weighted by Crippen LogP contribution is -2.33. The molecule has 0 bridgehead atoms. The van der Waals surface area contributed by atoms with Crippen molar-refractivity contribution in [3.05, 3.63) is 23.8 Å². The Morgan fingerprint density at radius 1 is 1.25 bits per heavy atom. The Bertz CT molecular complexity index is 484. The van der Waals surface area contributed by atoms with Crippen LogP contribution in [-0.4, -0.2) is 37.2 Å². The van der Waals surface area contributed by atoms with E-state index in [2.05, 4.69) is 15.5 Å². The van der Waals surface area contributed by atoms with Gasteiger partial charge in [-0.25, -0.2) is 4.79 Å². The number of fused-ring (bicyclic) bond motifs is 1. The Hall–Kier alpha value is -1.75. The summed E-state index contributed by atoms with van der Waals surface area (Å²) in [5.41, 5.74) is 1.94. The van der Waals surface area contributed by atoms with Gasteiger partial charge in [0, 0.05) is 19.2 Å². The van der Waals surface area contributed by atoms with Crippen LogP contribution in [0.2, 0.25) is 0 Å². The highest BCUT2D eigenvalue weighted by Crippen LogP contribution is 2.24. The molecule has 0 aromatic heterocycles. The predicted octanol–water partition coefficient (Wildman–Crippen LogP) is 2.19. The van der Waals surface area contributed by atoms with Gasteiger partial charge in [-0.05, 0) is 44.0 Å². The maximum atomic E-state index is 11.3. The summed E-state index contributed by atoms with van der Waals surface area (Å²) in [5, 5.41) is 5.54. The summed E-state index contributed by atoms with van der Waals surface area (Å²) in [6.45, 7) is 4.89. The van der Waals surface area contributed by atoms with Crippen LogP contribution < -0.4 is 15.4 Å². The number of carbonyl (C=O) groups excluding carboxylic acids is 1. The van der Waals surface area contributed by atoms with Gasteiger partial charge in [-0.2, -0.15) is 0 Å². The smallest absolute Gasteiger partial charge is 0.319 e. The number of hydrogen-bond donors (Lipinski definition) is 2. The van der Waals surface area contributed by atoms with Gasteiger partial charge < -0.3 is 20.3 Å². The first-order valence-electron chi connectivity index (χ1n) is 7.34. The molecule has 1 fully saturated rings. The SMILES string of the molecule is O=C1NCc2ccc(OCCCN3CCCC3)cc2N1. The Labute approximate surface area is 119 Å². The molecule has 5 nitrogen and oxygen atoms in total. The number of ether oxygens (including phenoxy) is 1. The number of amides is 2. The first-order valence-corrected chi connectivity index (χ1v) is 7.34. The van der Waals surface area contributed by atoms with Gasteiger partial charge in [0.1, 0.15) is 5.75 Å². The van der Waals surface area contributed by atoms with E-state index in [-0.39, 0.29) is 6.03 Å². The third-order valence-electron chi connectivity index (χ3n) is 3.86. The molecule has 2 heterocycles. The van der Waals surface area contributed by atoms with Gasteiger partial charge in [-0.3, -0.25) is 0 Å². The van der Waals surface area contributed by atoms with Crippen LogP contribution in [0, 0.1) is 0 Å². The van der Waals surface area contributed by atoms with E-state index in [1.54, 1.807) is 0 Å². The minimum atomic E-state index is -0.149. The van der Waals surface area contributed by atoms with E-state index in [1.165, 1.54) is 25.9 Å². The Morgan fingerprint density at radius 2 is 2.10 bits per heavy atom. The van der Waals surface area contributed by atoms with Crippen molar-refractivity contribution in [1.29, 1.82) is 0 Å². The van der Waals surface area contributed by atoms with Crippen LogP contribution in [0.15, 0.2) is 18.2 Å². The van der Waals surface area contributed by atoms with Crippen LogP contribution >= 0.6 is 0 Å². The lowest BCUT2D eigenvalue weighted by molar-refractivity contribution is 0.250. The van der Waals surface area contributed by atoms with Crippen molar-refractivity contribution < 1.29 is 9.53 Å². The standard InChI is InChI=1S/C15H21N3O2/c19-15-16-11-12-4-5-13(10-14(12)17-15)20-9-3-8-18-6-1-2-7-18/h4-5,10H,1-3,6-9,11H2,(H2,16,17,19). The summed E-state index contributed by atoms with van der Waals surface area (Å²) in [6, 6.07) is 5.72. The van der Waals surface area contributed by atoms with Crippen molar-refractivity contribution in [1.82, 2.24) is 10.2 Å². The van der Waals surface area contributed by atoms with E-state index in [0.717, 1.165) is 36.6 Å². The number of likely N-dealkylation sites (tertiary alicyclic amines) is 1. The fraction of sp³-hybridized carbons (Fsp3) is 0.533. The lowest BCUT2D eigenvalue weighted by Gasteiger charge is -2.19. The van der Waals surface area contributed by atoms with Gasteiger partial charge in [0.05, 0.1) is 12.3 Å². The van der Waals surface area contributed by atoms with Gasteiger partial charge in [-0.1, -0.05) is 6.07 Å². The number of anilines is 1. The molecule has 20 heavy (non-hydrogen) atoms. The largest absolute Gasteiger partial charge is 0.493 e. The van der Waals surface area contributed by atoms with Crippen LogP contribution in [0.25, 0.3) is 0 Å². The first kappa shape index (κ1) is 13.2. The highest BCUT2D eigenvalue weighted by molar-refractivity contribution is 5.92. The van der Waals surface area contributed by atoms with E-state index in [4.69, 9.17) is 4.74 Å². The summed E-state index contributed by atoms with van der Waals surface area (Å²) in [4.78, 5) is 13.8. The van der Waals surface area contributed by atoms with Gasteiger partial charge in [0.2, 0.25) is 0 Å². The zero-order valence-corrected chi connectivity index (χ0v) is 11.7. The van der Waals surface area contributed by atoms with Crippen LogP contribution in [0.5, 0.6) is 5.75 Å². The van der Waals surface area contributed by atoms with Crippen LogP contribution in [0.4, 0.5) is 10.5 Å². The maximum absolute atomic E-state index is 11.3. The normalized spacial score (nSPS) is 18.3. The van der Waals surface area contributed by atoms with Gasteiger partial charge in [0.15, 0.2) is 0 Å². The van der Waals surface area contributed by atoms with Crippen LogP contribution in [0.3, 0.4) is 0 Å². The third-order valence-corrected chi connectivity index (χ3v) is 3.86. The number of urea groups is 1. The number of hydrogen-bond acceptors (Lipinski definition) is 3. The summed E-state index contributed by atoms with van der Waals surface area (Å²) in [6.07, 6.45) is 3.71. The van der Waals surface area contributed by atoms with Gasteiger partial charge in [-0.15, -0.1) is 0 Å².